The van der Waals surface area contributed by atoms with Crippen LogP contribution in [-0.4, -0.2) is 24.5 Å². The van der Waals surface area contributed by atoms with E-state index in [4.69, 9.17) is 18.9 Å². The van der Waals surface area contributed by atoms with Gasteiger partial charge < -0.3 is 18.9 Å². The van der Waals surface area contributed by atoms with E-state index in [2.05, 4.69) is 73.6 Å². The Morgan fingerprint density at radius 3 is 1.80 bits per heavy atom. The minimum absolute atomic E-state index is 0.341. The molecule has 2 aromatic rings. The summed E-state index contributed by atoms with van der Waals surface area (Å²) < 4.78 is 23.5. The van der Waals surface area contributed by atoms with Crippen LogP contribution in [0.15, 0.2) is 30.3 Å². The lowest BCUT2D eigenvalue weighted by atomic mass is 9.93. The van der Waals surface area contributed by atoms with Crippen molar-refractivity contribution in [3.8, 4) is 11.5 Å². The summed E-state index contributed by atoms with van der Waals surface area (Å²) in [5.74, 6) is 1.85. The molecule has 0 atom stereocenters. The SMILES string of the molecule is Cc1cc(OCP(=O)(O)O)cc(C)c1Cc1ccc(O[Si](C(C)C)(C(C)C)C(C)C)c(C(C)C)c1. The second-order valence-corrected chi connectivity index (χ2v) is 18.1. The summed E-state index contributed by atoms with van der Waals surface area (Å²) in [7, 11) is -6.27. The number of hydrogen-bond acceptors (Lipinski definition) is 3. The zero-order valence-corrected chi connectivity index (χ0v) is 25.1. The minimum atomic E-state index is -4.21. The smallest absolute Gasteiger partial charge is 0.362 e. The third-order valence-electron chi connectivity index (χ3n) is 7.14. The van der Waals surface area contributed by atoms with Crippen LogP contribution in [0.5, 0.6) is 11.5 Å². The second-order valence-electron chi connectivity index (χ2n) is 11.1. The largest absolute Gasteiger partial charge is 0.542 e. The highest BCUT2D eigenvalue weighted by molar-refractivity contribution is 7.51. The van der Waals surface area contributed by atoms with E-state index in [1.807, 2.05) is 26.0 Å². The molecule has 0 radical (unpaired) electrons. The first-order valence-electron chi connectivity index (χ1n) is 12.7. The molecule has 5 nitrogen and oxygen atoms in total. The van der Waals surface area contributed by atoms with Gasteiger partial charge in [-0.2, -0.15) is 0 Å². The zero-order valence-electron chi connectivity index (χ0n) is 23.2. The summed E-state index contributed by atoms with van der Waals surface area (Å²) in [5, 5.41) is 0. The van der Waals surface area contributed by atoms with Gasteiger partial charge in [-0.1, -0.05) is 67.5 Å². The van der Waals surface area contributed by atoms with Gasteiger partial charge in [0.2, 0.25) is 0 Å². The third kappa shape index (κ3) is 7.22. The Hall–Kier alpha value is -1.59. The van der Waals surface area contributed by atoms with E-state index in [0.29, 0.717) is 28.3 Å². The fourth-order valence-corrected chi connectivity index (χ4v) is 11.1. The Labute approximate surface area is 213 Å². The van der Waals surface area contributed by atoms with E-state index in [1.54, 1.807) is 0 Å². The fraction of sp³-hybridized carbons (Fsp3) is 0.571. The highest BCUT2D eigenvalue weighted by Crippen LogP contribution is 2.44. The van der Waals surface area contributed by atoms with Gasteiger partial charge in [-0.15, -0.1) is 0 Å². The minimum Gasteiger partial charge on any atom is -0.542 e. The van der Waals surface area contributed by atoms with Gasteiger partial charge >= 0.3 is 7.60 Å². The molecule has 7 heteroatoms. The van der Waals surface area contributed by atoms with Gasteiger partial charge in [-0.25, -0.2) is 0 Å². The molecule has 0 aliphatic heterocycles. The van der Waals surface area contributed by atoms with Gasteiger partial charge in [-0.05, 0) is 88.8 Å². The van der Waals surface area contributed by atoms with Crippen molar-refractivity contribution in [1.29, 1.82) is 0 Å². The van der Waals surface area contributed by atoms with E-state index < -0.39 is 22.3 Å². The molecule has 0 fully saturated rings. The molecule has 0 amide bonds. The Morgan fingerprint density at radius 2 is 1.37 bits per heavy atom. The molecule has 2 aromatic carbocycles. The van der Waals surface area contributed by atoms with E-state index in [9.17, 15) is 4.57 Å². The molecule has 0 spiro atoms. The molecule has 0 saturated heterocycles. The highest BCUT2D eigenvalue weighted by atomic mass is 31.2. The lowest BCUT2D eigenvalue weighted by Gasteiger charge is -2.43. The van der Waals surface area contributed by atoms with Crippen molar-refractivity contribution in [3.05, 3.63) is 58.1 Å². The summed E-state index contributed by atoms with van der Waals surface area (Å²) in [6.07, 6.45) is 0.163. The van der Waals surface area contributed by atoms with E-state index in [0.717, 1.165) is 23.3 Å². The Morgan fingerprint density at radius 1 is 0.857 bits per heavy atom. The van der Waals surface area contributed by atoms with Gasteiger partial charge in [0.1, 0.15) is 11.5 Å². The first kappa shape index (κ1) is 29.6. The Balaban J connectivity index is 2.40. The number of ether oxygens (including phenoxy) is 1. The van der Waals surface area contributed by atoms with Crippen molar-refractivity contribution in [3.63, 3.8) is 0 Å². The van der Waals surface area contributed by atoms with Gasteiger partial charge in [0.25, 0.3) is 8.32 Å². The van der Waals surface area contributed by atoms with Gasteiger partial charge in [0.05, 0.1) is 0 Å². The average molecular weight is 521 g/mol. The standard InChI is InChI=1S/C28H45O5PSi/c1-18(2)26-15-24(11-12-28(26)33-35(19(3)4,20(5)6)21(7)8)16-27-22(9)13-25(14-23(27)10)32-17-34(29,30)31/h11-15,18-21H,16-17H2,1-10H3,(H2,29,30,31). The maximum atomic E-state index is 11.2. The molecule has 0 unspecified atom stereocenters. The van der Waals surface area contributed by atoms with Crippen LogP contribution >= 0.6 is 7.60 Å². The number of rotatable bonds is 11. The maximum Gasteiger partial charge on any atom is 0.362 e. The molecular weight excluding hydrogens is 475 g/mol. The molecule has 2 N–H and O–H groups in total. The van der Waals surface area contributed by atoms with Gasteiger partial charge in [0, 0.05) is 0 Å². The molecule has 2 rings (SSSR count). The van der Waals surface area contributed by atoms with Crippen molar-refractivity contribution < 1.29 is 23.5 Å². The third-order valence-corrected chi connectivity index (χ3v) is 13.6. The molecular formula is C28H45O5PSi. The van der Waals surface area contributed by atoms with Crippen LogP contribution in [0.4, 0.5) is 0 Å². The van der Waals surface area contributed by atoms with Crippen molar-refractivity contribution >= 4 is 15.9 Å². The Bertz CT molecular complexity index is 1010. The van der Waals surface area contributed by atoms with Gasteiger partial charge in [-0.3, -0.25) is 4.57 Å². The predicted molar refractivity (Wildman–Crippen MR) is 148 cm³/mol. The van der Waals surface area contributed by atoms with Crippen LogP contribution in [0.1, 0.15) is 89.1 Å². The van der Waals surface area contributed by atoms with Crippen LogP contribution in [0, 0.1) is 13.8 Å². The van der Waals surface area contributed by atoms with E-state index in [1.165, 1.54) is 16.7 Å². The molecule has 0 heterocycles. The average Bonchev–Trinajstić information content (AvgIpc) is 2.72. The van der Waals surface area contributed by atoms with Crippen molar-refractivity contribution in [2.75, 3.05) is 6.35 Å². The molecule has 196 valence electrons. The number of hydrogen-bond donors (Lipinski definition) is 2. The summed E-state index contributed by atoms with van der Waals surface area (Å²) in [4.78, 5) is 18.2. The van der Waals surface area contributed by atoms with E-state index in [-0.39, 0.29) is 0 Å². The molecule has 35 heavy (non-hydrogen) atoms. The van der Waals surface area contributed by atoms with E-state index >= 15 is 0 Å². The summed E-state index contributed by atoms with van der Waals surface area (Å²) >= 11 is 0. The molecule has 0 aliphatic carbocycles. The maximum absolute atomic E-state index is 11.2. The van der Waals surface area contributed by atoms with Crippen LogP contribution in [0.3, 0.4) is 0 Å². The van der Waals surface area contributed by atoms with Crippen molar-refractivity contribution in [1.82, 2.24) is 0 Å². The second kappa shape index (κ2) is 11.6. The lowest BCUT2D eigenvalue weighted by Crippen LogP contribution is -2.50. The zero-order chi connectivity index (χ0) is 26.7. The Kier molecular flexibility index (Phi) is 9.86. The summed E-state index contributed by atoms with van der Waals surface area (Å²) in [5.41, 5.74) is 7.30. The molecule has 0 aliphatic rings. The molecule has 0 saturated carbocycles. The predicted octanol–water partition coefficient (Wildman–Crippen LogP) is 8.09. The lowest BCUT2D eigenvalue weighted by molar-refractivity contribution is 0.300. The fourth-order valence-electron chi connectivity index (χ4n) is 5.47. The first-order valence-corrected chi connectivity index (χ1v) is 16.6. The molecule has 0 aromatic heterocycles. The van der Waals surface area contributed by atoms with Gasteiger partial charge in [0.15, 0.2) is 6.35 Å². The molecule has 0 bridgehead atoms. The summed E-state index contributed by atoms with van der Waals surface area (Å²) in [6, 6.07) is 10.3. The normalized spacial score (nSPS) is 12.8. The summed E-state index contributed by atoms with van der Waals surface area (Å²) in [6.45, 7) is 22.4. The van der Waals surface area contributed by atoms with Crippen LogP contribution in [0.2, 0.25) is 16.6 Å². The van der Waals surface area contributed by atoms with Crippen molar-refractivity contribution in [2.24, 2.45) is 0 Å². The topological polar surface area (TPSA) is 76.0 Å². The van der Waals surface area contributed by atoms with Crippen LogP contribution in [-0.2, 0) is 11.0 Å². The monoisotopic (exact) mass is 520 g/mol. The number of aryl methyl sites for hydroxylation is 2. The highest BCUT2D eigenvalue weighted by Gasteiger charge is 2.47. The number of benzene rings is 2. The van der Waals surface area contributed by atoms with Crippen LogP contribution in [0.25, 0.3) is 0 Å². The quantitative estimate of drug-likeness (QED) is 0.231. The first-order chi connectivity index (χ1) is 16.1. The van der Waals surface area contributed by atoms with Crippen molar-refractivity contribution in [2.45, 2.75) is 98.2 Å². The van der Waals surface area contributed by atoms with Crippen LogP contribution < -0.4 is 9.16 Å².